The SMILES string of the molecule is c1ccc(-n2c3ccccc3c3cc(-c4ccc(-c5ccc(N(c6cccc7ccccc67)c6cc7ccccc7c7oc8ccccc8c67)cc5)cc4)ccc32)cc1. The molecule has 3 nitrogen and oxygen atoms in total. The lowest BCUT2D eigenvalue weighted by Gasteiger charge is -2.28. The molecule has 59 heavy (non-hydrogen) atoms. The molecule has 276 valence electrons. The summed E-state index contributed by atoms with van der Waals surface area (Å²) >= 11 is 0. The fourth-order valence-corrected chi connectivity index (χ4v) is 9.19. The van der Waals surface area contributed by atoms with Gasteiger partial charge in [-0.3, -0.25) is 0 Å². The molecule has 0 atom stereocenters. The zero-order valence-corrected chi connectivity index (χ0v) is 32.1. The van der Waals surface area contributed by atoms with E-state index in [0.717, 1.165) is 55.3 Å². The first-order valence-corrected chi connectivity index (χ1v) is 20.2. The normalized spacial score (nSPS) is 11.7. The van der Waals surface area contributed by atoms with Crippen molar-refractivity contribution >= 4 is 82.4 Å². The van der Waals surface area contributed by atoms with Crippen molar-refractivity contribution in [3.05, 3.63) is 218 Å². The highest BCUT2D eigenvalue weighted by molar-refractivity contribution is 6.22. The smallest absolute Gasteiger partial charge is 0.145 e. The quantitative estimate of drug-likeness (QED) is 0.169. The number of hydrogen-bond donors (Lipinski definition) is 0. The highest BCUT2D eigenvalue weighted by Gasteiger charge is 2.23. The van der Waals surface area contributed by atoms with Crippen molar-refractivity contribution in [2.75, 3.05) is 4.90 Å². The molecule has 0 saturated heterocycles. The largest absolute Gasteiger partial charge is 0.455 e. The van der Waals surface area contributed by atoms with Gasteiger partial charge in [0.15, 0.2) is 0 Å². The second-order valence-corrected chi connectivity index (χ2v) is 15.3. The highest BCUT2D eigenvalue weighted by atomic mass is 16.3. The third-order valence-corrected chi connectivity index (χ3v) is 12.0. The number of aromatic nitrogens is 1. The Morgan fingerprint density at radius 2 is 0.932 bits per heavy atom. The lowest BCUT2D eigenvalue weighted by atomic mass is 9.98. The molecule has 0 bridgehead atoms. The fourth-order valence-electron chi connectivity index (χ4n) is 9.19. The summed E-state index contributed by atoms with van der Waals surface area (Å²) in [5.41, 5.74) is 13.4. The zero-order chi connectivity index (χ0) is 38.9. The van der Waals surface area contributed by atoms with Crippen molar-refractivity contribution in [3.63, 3.8) is 0 Å². The summed E-state index contributed by atoms with van der Waals surface area (Å²) in [6.07, 6.45) is 0. The molecule has 0 aliphatic carbocycles. The molecule has 0 aliphatic heterocycles. The van der Waals surface area contributed by atoms with Crippen LogP contribution in [0.1, 0.15) is 0 Å². The maximum absolute atomic E-state index is 6.67. The van der Waals surface area contributed by atoms with E-state index in [1.807, 2.05) is 6.07 Å². The Hall–Kier alpha value is -7.88. The third-order valence-electron chi connectivity index (χ3n) is 12.0. The van der Waals surface area contributed by atoms with Gasteiger partial charge in [0.25, 0.3) is 0 Å². The van der Waals surface area contributed by atoms with Gasteiger partial charge in [0.05, 0.1) is 27.8 Å². The standard InChI is InChI=1S/C56H36N2O/c1-2-16-43(17-3-1)57-51-22-10-8-20-47(51)49-35-41(31-34-52(49)57)39-27-25-37(26-28-39)38-29-32-44(33-30-38)58(50-23-12-15-40-13-4-6-18-45(40)50)53-36-42-14-5-7-19-46(42)56-55(53)48-21-9-11-24-54(48)59-56/h1-36H. The van der Waals surface area contributed by atoms with Crippen molar-refractivity contribution in [2.24, 2.45) is 0 Å². The van der Waals surface area contributed by atoms with E-state index < -0.39 is 0 Å². The number of nitrogens with zero attached hydrogens (tertiary/aromatic N) is 2. The van der Waals surface area contributed by atoms with Crippen molar-refractivity contribution in [2.45, 2.75) is 0 Å². The summed E-state index contributed by atoms with van der Waals surface area (Å²) in [4.78, 5) is 2.41. The van der Waals surface area contributed by atoms with E-state index in [4.69, 9.17) is 4.42 Å². The maximum atomic E-state index is 6.67. The van der Waals surface area contributed by atoms with Crippen molar-refractivity contribution in [1.82, 2.24) is 4.57 Å². The number of furan rings is 1. The topological polar surface area (TPSA) is 21.3 Å². The Morgan fingerprint density at radius 3 is 1.73 bits per heavy atom. The van der Waals surface area contributed by atoms with Gasteiger partial charge in [-0.25, -0.2) is 0 Å². The van der Waals surface area contributed by atoms with Crippen LogP contribution in [0, 0.1) is 0 Å². The molecule has 0 N–H and O–H groups in total. The molecule has 0 fully saturated rings. The number of fused-ring (bicyclic) bond motifs is 9. The lowest BCUT2D eigenvalue weighted by molar-refractivity contribution is 0.672. The predicted molar refractivity (Wildman–Crippen MR) is 249 cm³/mol. The van der Waals surface area contributed by atoms with Crippen molar-refractivity contribution in [3.8, 4) is 27.9 Å². The van der Waals surface area contributed by atoms with Gasteiger partial charge < -0.3 is 13.9 Å². The lowest BCUT2D eigenvalue weighted by Crippen LogP contribution is -2.11. The molecule has 0 spiro atoms. The summed E-state index contributed by atoms with van der Waals surface area (Å²) < 4.78 is 9.03. The van der Waals surface area contributed by atoms with Crippen LogP contribution in [0.3, 0.4) is 0 Å². The summed E-state index contributed by atoms with van der Waals surface area (Å²) in [7, 11) is 0. The number of anilines is 3. The summed E-state index contributed by atoms with van der Waals surface area (Å²) in [6.45, 7) is 0. The van der Waals surface area contributed by atoms with Crippen molar-refractivity contribution < 1.29 is 4.42 Å². The van der Waals surface area contributed by atoms with Gasteiger partial charge in [0, 0.05) is 38.3 Å². The molecule has 2 aromatic heterocycles. The number of benzene rings is 10. The number of hydrogen-bond acceptors (Lipinski definition) is 2. The van der Waals surface area contributed by atoms with E-state index in [9.17, 15) is 0 Å². The van der Waals surface area contributed by atoms with Crippen LogP contribution in [0.15, 0.2) is 223 Å². The molecule has 3 heteroatoms. The molecular formula is C56H36N2O. The fraction of sp³-hybridized carbons (Fsp3) is 0. The first-order chi connectivity index (χ1) is 29.3. The van der Waals surface area contributed by atoms with E-state index in [0.29, 0.717) is 0 Å². The first-order valence-electron chi connectivity index (χ1n) is 20.2. The van der Waals surface area contributed by atoms with E-state index in [2.05, 4.69) is 222 Å². The van der Waals surface area contributed by atoms with E-state index >= 15 is 0 Å². The average molecular weight is 753 g/mol. The second kappa shape index (κ2) is 13.4. The van der Waals surface area contributed by atoms with Gasteiger partial charge >= 0.3 is 0 Å². The molecule has 0 amide bonds. The minimum atomic E-state index is 0.885. The highest BCUT2D eigenvalue weighted by Crippen LogP contribution is 2.47. The van der Waals surface area contributed by atoms with Crippen LogP contribution in [0.4, 0.5) is 17.1 Å². The predicted octanol–water partition coefficient (Wildman–Crippen LogP) is 15.8. The van der Waals surface area contributed by atoms with Gasteiger partial charge in [-0.2, -0.15) is 0 Å². The number of rotatable bonds is 6. The zero-order valence-electron chi connectivity index (χ0n) is 32.1. The number of para-hydroxylation sites is 3. The van der Waals surface area contributed by atoms with E-state index in [1.165, 1.54) is 55.0 Å². The Labute approximate surface area is 341 Å². The maximum Gasteiger partial charge on any atom is 0.145 e. The Balaban J connectivity index is 0.958. The second-order valence-electron chi connectivity index (χ2n) is 15.3. The molecule has 2 heterocycles. The monoisotopic (exact) mass is 752 g/mol. The average Bonchev–Trinajstić information content (AvgIpc) is 3.86. The summed E-state index contributed by atoms with van der Waals surface area (Å²) in [5, 5.41) is 9.35. The third kappa shape index (κ3) is 5.36. The summed E-state index contributed by atoms with van der Waals surface area (Å²) in [5.74, 6) is 0. The van der Waals surface area contributed by atoms with E-state index in [1.54, 1.807) is 0 Å². The first kappa shape index (κ1) is 33.3. The van der Waals surface area contributed by atoms with Crippen LogP contribution >= 0.6 is 0 Å². The van der Waals surface area contributed by atoms with Crippen LogP contribution < -0.4 is 4.90 Å². The van der Waals surface area contributed by atoms with Gasteiger partial charge in [-0.05, 0) is 93.7 Å². The molecule has 12 rings (SSSR count). The van der Waals surface area contributed by atoms with Crippen LogP contribution in [0.2, 0.25) is 0 Å². The van der Waals surface area contributed by atoms with Gasteiger partial charge in [-0.1, -0.05) is 158 Å². The minimum absolute atomic E-state index is 0.885. The summed E-state index contributed by atoms with van der Waals surface area (Å²) in [6, 6.07) is 78.6. The molecular weight excluding hydrogens is 717 g/mol. The van der Waals surface area contributed by atoms with Crippen LogP contribution in [0.25, 0.3) is 93.2 Å². The molecule has 0 saturated carbocycles. The van der Waals surface area contributed by atoms with Gasteiger partial charge in [0.2, 0.25) is 0 Å². The van der Waals surface area contributed by atoms with Crippen LogP contribution in [0.5, 0.6) is 0 Å². The Kier molecular flexibility index (Phi) is 7.54. The molecule has 10 aromatic carbocycles. The van der Waals surface area contributed by atoms with Crippen LogP contribution in [-0.4, -0.2) is 4.57 Å². The minimum Gasteiger partial charge on any atom is -0.455 e. The molecule has 12 aromatic rings. The van der Waals surface area contributed by atoms with E-state index in [-0.39, 0.29) is 0 Å². The molecule has 0 aliphatic rings. The van der Waals surface area contributed by atoms with Gasteiger partial charge in [0.1, 0.15) is 11.2 Å². The van der Waals surface area contributed by atoms with Crippen molar-refractivity contribution in [1.29, 1.82) is 0 Å². The Bertz CT molecular complexity index is 3540. The van der Waals surface area contributed by atoms with Crippen LogP contribution in [-0.2, 0) is 0 Å². The Morgan fingerprint density at radius 1 is 0.356 bits per heavy atom. The molecule has 0 unspecified atom stereocenters. The van der Waals surface area contributed by atoms with Gasteiger partial charge in [-0.15, -0.1) is 0 Å². The molecule has 0 radical (unpaired) electrons.